The van der Waals surface area contributed by atoms with E-state index in [9.17, 15) is 0 Å². The van der Waals surface area contributed by atoms with Crippen LogP contribution in [0.2, 0.25) is 0 Å². The quantitative estimate of drug-likeness (QED) is 0.906. The first-order chi connectivity index (χ1) is 7.75. The summed E-state index contributed by atoms with van der Waals surface area (Å²) in [6, 6.07) is 9.05. The molecule has 88 valence electrons. The standard InChI is InChI=1S/C13H18BrNS/c1-10(12-2-4-13(14)5-3-12)15-8-11-6-7-16-9-11/h2-5,10-11,15H,6-9H2,1H3. The fourth-order valence-electron chi connectivity index (χ4n) is 1.96. The molecule has 0 spiro atoms. The second-order valence-corrected chi connectivity index (χ2v) is 6.48. The van der Waals surface area contributed by atoms with E-state index in [1.165, 1.54) is 23.5 Å². The van der Waals surface area contributed by atoms with Crippen LogP contribution >= 0.6 is 27.7 Å². The van der Waals surface area contributed by atoms with Crippen molar-refractivity contribution in [2.24, 2.45) is 5.92 Å². The Hall–Kier alpha value is 0.01000. The van der Waals surface area contributed by atoms with Crippen molar-refractivity contribution in [1.82, 2.24) is 5.32 Å². The summed E-state index contributed by atoms with van der Waals surface area (Å²) in [6.07, 6.45) is 1.38. The predicted octanol–water partition coefficient (Wildman–Crippen LogP) is 3.85. The molecular weight excluding hydrogens is 282 g/mol. The minimum Gasteiger partial charge on any atom is -0.310 e. The van der Waals surface area contributed by atoms with Crippen molar-refractivity contribution >= 4 is 27.7 Å². The molecule has 1 aliphatic rings. The Balaban J connectivity index is 1.82. The number of rotatable bonds is 4. The van der Waals surface area contributed by atoms with Crippen molar-refractivity contribution in [3.63, 3.8) is 0 Å². The van der Waals surface area contributed by atoms with Gasteiger partial charge in [-0.25, -0.2) is 0 Å². The van der Waals surface area contributed by atoms with Crippen LogP contribution in [0.1, 0.15) is 24.9 Å². The predicted molar refractivity (Wildman–Crippen MR) is 76.0 cm³/mol. The maximum absolute atomic E-state index is 3.63. The van der Waals surface area contributed by atoms with Crippen LogP contribution in [0, 0.1) is 5.92 Å². The normalized spacial score (nSPS) is 22.2. The maximum Gasteiger partial charge on any atom is 0.0291 e. The topological polar surface area (TPSA) is 12.0 Å². The number of thioether (sulfide) groups is 1. The summed E-state index contributed by atoms with van der Waals surface area (Å²) in [6.45, 7) is 3.40. The number of hydrogen-bond acceptors (Lipinski definition) is 2. The van der Waals surface area contributed by atoms with Gasteiger partial charge in [0.15, 0.2) is 0 Å². The third kappa shape index (κ3) is 3.51. The van der Waals surface area contributed by atoms with Gasteiger partial charge in [0.2, 0.25) is 0 Å². The molecule has 0 aliphatic carbocycles. The molecule has 1 N–H and O–H groups in total. The summed E-state index contributed by atoms with van der Waals surface area (Å²) in [5.74, 6) is 3.56. The lowest BCUT2D eigenvalue weighted by atomic mass is 10.1. The third-order valence-corrected chi connectivity index (χ3v) is 4.87. The fraction of sp³-hybridized carbons (Fsp3) is 0.538. The van der Waals surface area contributed by atoms with Gasteiger partial charge in [0, 0.05) is 10.5 Å². The molecule has 1 nitrogen and oxygen atoms in total. The highest BCUT2D eigenvalue weighted by molar-refractivity contribution is 9.10. The number of hydrogen-bond donors (Lipinski definition) is 1. The molecule has 1 aromatic carbocycles. The second-order valence-electron chi connectivity index (χ2n) is 4.41. The van der Waals surface area contributed by atoms with E-state index in [1.54, 1.807) is 0 Å². The van der Waals surface area contributed by atoms with Crippen LogP contribution < -0.4 is 5.32 Å². The lowest BCUT2D eigenvalue weighted by Gasteiger charge is -2.17. The Morgan fingerprint density at radius 1 is 1.44 bits per heavy atom. The minimum absolute atomic E-state index is 0.457. The van der Waals surface area contributed by atoms with Crippen LogP contribution in [0.5, 0.6) is 0 Å². The smallest absolute Gasteiger partial charge is 0.0291 e. The largest absolute Gasteiger partial charge is 0.310 e. The lowest BCUT2D eigenvalue weighted by molar-refractivity contribution is 0.477. The Kier molecular flexibility index (Phi) is 4.74. The fourth-order valence-corrected chi connectivity index (χ4v) is 3.51. The van der Waals surface area contributed by atoms with Gasteiger partial charge in [-0.1, -0.05) is 28.1 Å². The van der Waals surface area contributed by atoms with E-state index in [0.29, 0.717) is 6.04 Å². The number of halogens is 1. The van der Waals surface area contributed by atoms with Crippen LogP contribution in [-0.4, -0.2) is 18.1 Å². The van der Waals surface area contributed by atoms with Crippen LogP contribution in [0.25, 0.3) is 0 Å². The molecule has 16 heavy (non-hydrogen) atoms. The van der Waals surface area contributed by atoms with Gasteiger partial charge in [0.25, 0.3) is 0 Å². The van der Waals surface area contributed by atoms with Gasteiger partial charge in [-0.05, 0) is 55.0 Å². The van der Waals surface area contributed by atoms with Crippen LogP contribution in [-0.2, 0) is 0 Å². The highest BCUT2D eigenvalue weighted by Gasteiger charge is 2.16. The van der Waals surface area contributed by atoms with E-state index in [1.807, 2.05) is 0 Å². The van der Waals surface area contributed by atoms with E-state index in [0.717, 1.165) is 16.9 Å². The van der Waals surface area contributed by atoms with E-state index < -0.39 is 0 Å². The van der Waals surface area contributed by atoms with E-state index in [-0.39, 0.29) is 0 Å². The molecule has 0 aromatic heterocycles. The Bertz CT molecular complexity index is 319. The molecule has 2 atom stereocenters. The van der Waals surface area contributed by atoms with E-state index in [4.69, 9.17) is 0 Å². The van der Waals surface area contributed by atoms with Gasteiger partial charge in [-0.2, -0.15) is 11.8 Å². The second kappa shape index (κ2) is 6.08. The van der Waals surface area contributed by atoms with Gasteiger partial charge in [-0.15, -0.1) is 0 Å². The summed E-state index contributed by atoms with van der Waals surface area (Å²) >= 11 is 5.55. The van der Waals surface area contributed by atoms with Crippen LogP contribution in [0.4, 0.5) is 0 Å². The average Bonchev–Trinajstić information content (AvgIpc) is 2.80. The summed E-state index contributed by atoms with van der Waals surface area (Å²) in [5, 5.41) is 3.63. The van der Waals surface area contributed by atoms with Crippen molar-refractivity contribution in [1.29, 1.82) is 0 Å². The van der Waals surface area contributed by atoms with E-state index >= 15 is 0 Å². The Morgan fingerprint density at radius 3 is 2.81 bits per heavy atom. The zero-order valence-corrected chi connectivity index (χ0v) is 12.0. The van der Waals surface area contributed by atoms with Crippen molar-refractivity contribution in [2.45, 2.75) is 19.4 Å². The maximum atomic E-state index is 3.63. The van der Waals surface area contributed by atoms with Crippen LogP contribution in [0.3, 0.4) is 0 Å². The highest BCUT2D eigenvalue weighted by atomic mass is 79.9. The van der Waals surface area contributed by atoms with Crippen molar-refractivity contribution in [2.75, 3.05) is 18.1 Å². The average molecular weight is 300 g/mol. The van der Waals surface area contributed by atoms with Gasteiger partial charge >= 0.3 is 0 Å². The van der Waals surface area contributed by atoms with Gasteiger partial charge < -0.3 is 5.32 Å². The molecule has 1 aliphatic heterocycles. The summed E-state index contributed by atoms with van der Waals surface area (Å²) < 4.78 is 1.15. The third-order valence-electron chi connectivity index (χ3n) is 3.11. The number of benzene rings is 1. The monoisotopic (exact) mass is 299 g/mol. The molecule has 0 amide bonds. The van der Waals surface area contributed by atoms with Gasteiger partial charge in [0.05, 0.1) is 0 Å². The zero-order valence-electron chi connectivity index (χ0n) is 9.58. The molecule has 0 saturated carbocycles. The summed E-state index contributed by atoms with van der Waals surface area (Å²) in [7, 11) is 0. The first kappa shape index (κ1) is 12.5. The minimum atomic E-state index is 0.457. The van der Waals surface area contributed by atoms with Crippen molar-refractivity contribution in [3.8, 4) is 0 Å². The van der Waals surface area contributed by atoms with Gasteiger partial charge in [-0.3, -0.25) is 0 Å². The molecule has 1 aromatic rings. The number of nitrogens with one attached hydrogen (secondary N) is 1. The molecule has 1 heterocycles. The molecule has 1 saturated heterocycles. The summed E-state index contributed by atoms with van der Waals surface area (Å²) in [5.41, 5.74) is 1.37. The van der Waals surface area contributed by atoms with Crippen LogP contribution in [0.15, 0.2) is 28.7 Å². The first-order valence-electron chi connectivity index (χ1n) is 5.82. The summed E-state index contributed by atoms with van der Waals surface area (Å²) in [4.78, 5) is 0. The van der Waals surface area contributed by atoms with E-state index in [2.05, 4.69) is 64.2 Å². The molecule has 3 heteroatoms. The molecule has 0 radical (unpaired) electrons. The Morgan fingerprint density at radius 2 is 2.19 bits per heavy atom. The first-order valence-corrected chi connectivity index (χ1v) is 7.77. The highest BCUT2D eigenvalue weighted by Crippen LogP contribution is 2.23. The zero-order chi connectivity index (χ0) is 11.4. The van der Waals surface area contributed by atoms with Crippen molar-refractivity contribution in [3.05, 3.63) is 34.3 Å². The Labute approximate surface area is 111 Å². The molecule has 0 bridgehead atoms. The van der Waals surface area contributed by atoms with Crippen molar-refractivity contribution < 1.29 is 0 Å². The molecule has 1 fully saturated rings. The van der Waals surface area contributed by atoms with Gasteiger partial charge in [0.1, 0.15) is 0 Å². The molecule has 2 rings (SSSR count). The lowest BCUT2D eigenvalue weighted by Crippen LogP contribution is -2.25. The molecular formula is C13H18BrNS. The SMILES string of the molecule is CC(NCC1CCSC1)c1ccc(Br)cc1. The molecule has 2 unspecified atom stereocenters.